The van der Waals surface area contributed by atoms with Crippen LogP contribution in [0, 0.1) is 5.92 Å². The van der Waals surface area contributed by atoms with Crippen LogP contribution in [0.4, 0.5) is 0 Å². The zero-order valence-corrected chi connectivity index (χ0v) is 19.4. The van der Waals surface area contributed by atoms with Gasteiger partial charge in [0.05, 0.1) is 11.1 Å². The van der Waals surface area contributed by atoms with E-state index in [1.165, 1.54) is 10.5 Å². The highest BCUT2D eigenvalue weighted by atomic mass is 127. The van der Waals surface area contributed by atoms with Gasteiger partial charge in [-0.25, -0.2) is 0 Å². The first-order valence-corrected chi connectivity index (χ1v) is 10.1. The van der Waals surface area contributed by atoms with Crippen LogP contribution in [0.15, 0.2) is 59.6 Å². The number of benzene rings is 2. The molecule has 2 aliphatic rings. The van der Waals surface area contributed by atoms with Crippen molar-refractivity contribution in [3.05, 3.63) is 71.3 Å². The SMILES string of the molecule is CN=C(NCCN1C(=O)c2ccccc2C1=O)N1CCC(Cc2ccccc2)C1.I. The Bertz CT molecular complexity index is 897. The molecule has 1 saturated heterocycles. The number of nitrogens with one attached hydrogen (secondary N) is 1. The van der Waals surface area contributed by atoms with Gasteiger partial charge in [0.15, 0.2) is 5.96 Å². The lowest BCUT2D eigenvalue weighted by molar-refractivity contribution is 0.0657. The van der Waals surface area contributed by atoms with E-state index in [0.717, 1.165) is 31.9 Å². The molecule has 2 aromatic carbocycles. The van der Waals surface area contributed by atoms with Crippen LogP contribution in [-0.2, 0) is 6.42 Å². The standard InChI is InChI=1S/C23H26N4O2.HI/c1-24-23(26-13-11-18(16-26)15-17-7-3-2-4-8-17)25-12-14-27-21(28)19-9-5-6-10-20(19)22(27)29;/h2-10,18H,11-16H2,1H3,(H,24,25);1H. The largest absolute Gasteiger partial charge is 0.354 e. The van der Waals surface area contributed by atoms with Crippen LogP contribution in [0.3, 0.4) is 0 Å². The van der Waals surface area contributed by atoms with Crippen LogP contribution >= 0.6 is 24.0 Å². The van der Waals surface area contributed by atoms with E-state index in [0.29, 0.717) is 30.1 Å². The first-order chi connectivity index (χ1) is 14.2. The highest BCUT2D eigenvalue weighted by molar-refractivity contribution is 14.0. The van der Waals surface area contributed by atoms with Crippen molar-refractivity contribution in [2.24, 2.45) is 10.9 Å². The molecule has 1 atom stereocenters. The predicted molar refractivity (Wildman–Crippen MR) is 128 cm³/mol. The van der Waals surface area contributed by atoms with Crippen molar-refractivity contribution in [2.45, 2.75) is 12.8 Å². The molecule has 30 heavy (non-hydrogen) atoms. The van der Waals surface area contributed by atoms with E-state index in [-0.39, 0.29) is 35.8 Å². The van der Waals surface area contributed by atoms with Crippen molar-refractivity contribution in [3.63, 3.8) is 0 Å². The summed E-state index contributed by atoms with van der Waals surface area (Å²) in [5.74, 6) is 1.00. The van der Waals surface area contributed by atoms with E-state index < -0.39 is 0 Å². The molecule has 6 nitrogen and oxygen atoms in total. The quantitative estimate of drug-likeness (QED) is 0.286. The summed E-state index contributed by atoms with van der Waals surface area (Å²) in [7, 11) is 1.77. The molecule has 158 valence electrons. The average molecular weight is 518 g/mol. The minimum Gasteiger partial charge on any atom is -0.354 e. The minimum atomic E-state index is -0.216. The summed E-state index contributed by atoms with van der Waals surface area (Å²) in [4.78, 5) is 32.9. The topological polar surface area (TPSA) is 65.0 Å². The molecular formula is C23H27IN4O2. The fourth-order valence-corrected chi connectivity index (χ4v) is 4.19. The summed E-state index contributed by atoms with van der Waals surface area (Å²) >= 11 is 0. The monoisotopic (exact) mass is 518 g/mol. The molecule has 0 aromatic heterocycles. The molecule has 0 bridgehead atoms. The third-order valence-electron chi connectivity index (χ3n) is 5.66. The van der Waals surface area contributed by atoms with Gasteiger partial charge < -0.3 is 10.2 Å². The number of aliphatic imine (C=N–C) groups is 1. The van der Waals surface area contributed by atoms with Crippen molar-refractivity contribution >= 4 is 41.8 Å². The minimum absolute atomic E-state index is 0. The summed E-state index contributed by atoms with van der Waals surface area (Å²) in [6, 6.07) is 17.6. The normalized spacial score (nSPS) is 18.4. The number of guanidine groups is 1. The van der Waals surface area contributed by atoms with Gasteiger partial charge in [-0.15, -0.1) is 24.0 Å². The molecule has 0 spiro atoms. The second-order valence-electron chi connectivity index (χ2n) is 7.57. The average Bonchev–Trinajstić information content (AvgIpc) is 3.30. The van der Waals surface area contributed by atoms with Crippen molar-refractivity contribution in [2.75, 3.05) is 33.2 Å². The molecule has 0 aliphatic carbocycles. The van der Waals surface area contributed by atoms with E-state index in [1.807, 2.05) is 6.07 Å². The Morgan fingerprint density at radius 2 is 1.67 bits per heavy atom. The molecule has 7 heteroatoms. The molecule has 2 aromatic rings. The number of carbonyl (C=O) groups excluding carboxylic acids is 2. The molecule has 2 aliphatic heterocycles. The Labute approximate surface area is 194 Å². The van der Waals surface area contributed by atoms with Crippen LogP contribution in [0.2, 0.25) is 0 Å². The fraction of sp³-hybridized carbons (Fsp3) is 0.348. The number of nitrogens with zero attached hydrogens (tertiary/aromatic N) is 3. The van der Waals surface area contributed by atoms with Gasteiger partial charge in [-0.05, 0) is 36.5 Å². The lowest BCUT2D eigenvalue weighted by Gasteiger charge is -2.23. The summed E-state index contributed by atoms with van der Waals surface area (Å²) in [6.07, 6.45) is 2.21. The molecule has 4 rings (SSSR count). The van der Waals surface area contributed by atoms with E-state index in [9.17, 15) is 9.59 Å². The zero-order chi connectivity index (χ0) is 20.2. The van der Waals surface area contributed by atoms with Gasteiger partial charge in [-0.1, -0.05) is 42.5 Å². The van der Waals surface area contributed by atoms with Gasteiger partial charge in [-0.3, -0.25) is 19.5 Å². The molecular weight excluding hydrogens is 491 g/mol. The zero-order valence-electron chi connectivity index (χ0n) is 17.1. The molecule has 2 amide bonds. The second-order valence-corrected chi connectivity index (χ2v) is 7.57. The number of hydrogen-bond acceptors (Lipinski definition) is 3. The molecule has 1 unspecified atom stereocenters. The second kappa shape index (κ2) is 10.1. The number of imide groups is 1. The van der Waals surface area contributed by atoms with Gasteiger partial charge in [0.2, 0.25) is 0 Å². The predicted octanol–water partition coefficient (Wildman–Crippen LogP) is 3.04. The van der Waals surface area contributed by atoms with Crippen molar-refractivity contribution < 1.29 is 9.59 Å². The maximum absolute atomic E-state index is 12.5. The van der Waals surface area contributed by atoms with E-state index in [4.69, 9.17) is 0 Å². The Morgan fingerprint density at radius 1 is 1.03 bits per heavy atom. The van der Waals surface area contributed by atoms with E-state index >= 15 is 0 Å². The number of hydrogen-bond donors (Lipinski definition) is 1. The summed E-state index contributed by atoms with van der Waals surface area (Å²) in [6.45, 7) is 2.73. The summed E-state index contributed by atoms with van der Waals surface area (Å²) in [5, 5.41) is 3.32. The van der Waals surface area contributed by atoms with Crippen molar-refractivity contribution in [3.8, 4) is 0 Å². The van der Waals surface area contributed by atoms with Gasteiger partial charge in [0, 0.05) is 33.2 Å². The van der Waals surface area contributed by atoms with Gasteiger partial charge >= 0.3 is 0 Å². The first-order valence-electron chi connectivity index (χ1n) is 10.1. The molecule has 2 heterocycles. The molecule has 0 radical (unpaired) electrons. The van der Waals surface area contributed by atoms with Gasteiger partial charge in [0.1, 0.15) is 0 Å². The lowest BCUT2D eigenvalue weighted by atomic mass is 9.99. The van der Waals surface area contributed by atoms with E-state index in [2.05, 4.69) is 39.5 Å². The Kier molecular flexibility index (Phi) is 7.47. The number of fused-ring (bicyclic) bond motifs is 1. The Balaban J connectivity index is 0.00000256. The number of carbonyl (C=O) groups is 2. The number of rotatable bonds is 5. The maximum atomic E-state index is 12.5. The number of likely N-dealkylation sites (tertiary alicyclic amines) is 1. The molecule has 1 fully saturated rings. The highest BCUT2D eigenvalue weighted by Crippen LogP contribution is 2.22. The third-order valence-corrected chi connectivity index (χ3v) is 5.66. The maximum Gasteiger partial charge on any atom is 0.261 e. The molecule has 1 N–H and O–H groups in total. The Hall–Kier alpha value is -2.42. The summed E-state index contributed by atoms with van der Waals surface area (Å²) in [5.41, 5.74) is 2.35. The van der Waals surface area contributed by atoms with Gasteiger partial charge in [-0.2, -0.15) is 0 Å². The van der Waals surface area contributed by atoms with Crippen LogP contribution in [0.1, 0.15) is 32.7 Å². The molecule has 0 saturated carbocycles. The smallest absolute Gasteiger partial charge is 0.261 e. The number of halogens is 1. The lowest BCUT2D eigenvalue weighted by Crippen LogP contribution is -2.44. The number of amides is 2. The van der Waals surface area contributed by atoms with Crippen LogP contribution < -0.4 is 5.32 Å². The van der Waals surface area contributed by atoms with Crippen LogP contribution in [-0.4, -0.2) is 60.8 Å². The van der Waals surface area contributed by atoms with Crippen LogP contribution in [0.5, 0.6) is 0 Å². The van der Waals surface area contributed by atoms with Crippen molar-refractivity contribution in [1.29, 1.82) is 0 Å². The van der Waals surface area contributed by atoms with E-state index in [1.54, 1.807) is 31.3 Å². The van der Waals surface area contributed by atoms with Crippen molar-refractivity contribution in [1.82, 2.24) is 15.1 Å². The highest BCUT2D eigenvalue weighted by Gasteiger charge is 2.34. The first kappa shape index (κ1) is 22.3. The Morgan fingerprint density at radius 3 is 2.30 bits per heavy atom. The fourth-order valence-electron chi connectivity index (χ4n) is 4.19. The van der Waals surface area contributed by atoms with Crippen LogP contribution in [0.25, 0.3) is 0 Å². The van der Waals surface area contributed by atoms with Gasteiger partial charge in [0.25, 0.3) is 11.8 Å². The summed E-state index contributed by atoms with van der Waals surface area (Å²) < 4.78 is 0. The third kappa shape index (κ3) is 4.66.